The molecule has 18 heavy (non-hydrogen) atoms. The molecular weight excluding hydrogens is 252 g/mol. The number of aromatic nitrogens is 2. The number of benzene rings is 1. The van der Waals surface area contributed by atoms with Crippen molar-refractivity contribution in [3.63, 3.8) is 0 Å². The highest BCUT2D eigenvalue weighted by Gasteiger charge is 2.13. The molecule has 2 aromatic rings. The van der Waals surface area contributed by atoms with Gasteiger partial charge in [-0.05, 0) is 32.1 Å². The fourth-order valence-corrected chi connectivity index (χ4v) is 2.12. The van der Waals surface area contributed by atoms with E-state index in [0.29, 0.717) is 16.4 Å². The predicted octanol–water partition coefficient (Wildman–Crippen LogP) is 3.37. The number of para-hydroxylation sites is 1. The third-order valence-corrected chi connectivity index (χ3v) is 2.89. The zero-order valence-electron chi connectivity index (χ0n) is 10.1. The van der Waals surface area contributed by atoms with Gasteiger partial charge in [0.05, 0.1) is 10.5 Å². The fraction of sp³-hybridized carbons (Fsp3) is 0.231. The molecule has 4 nitrogen and oxygen atoms in total. The summed E-state index contributed by atoms with van der Waals surface area (Å²) in [6.07, 6.45) is 2.56. The summed E-state index contributed by atoms with van der Waals surface area (Å²) in [6.45, 7) is 4.03. The molecule has 0 bridgehead atoms. The van der Waals surface area contributed by atoms with Crippen molar-refractivity contribution >= 4 is 34.7 Å². The van der Waals surface area contributed by atoms with Crippen molar-refractivity contribution in [2.75, 3.05) is 0 Å². The van der Waals surface area contributed by atoms with Crippen molar-refractivity contribution in [2.45, 2.75) is 19.9 Å². The second kappa shape index (κ2) is 4.82. The molecule has 0 spiro atoms. The fourth-order valence-electron chi connectivity index (χ4n) is 1.91. The molecular formula is C13H13ClN2O2. The van der Waals surface area contributed by atoms with Crippen molar-refractivity contribution in [3.8, 4) is 0 Å². The Morgan fingerprint density at radius 2 is 2.22 bits per heavy atom. The lowest BCUT2D eigenvalue weighted by atomic mass is 10.3. The first-order valence-corrected chi connectivity index (χ1v) is 5.96. The zero-order chi connectivity index (χ0) is 13.3. The van der Waals surface area contributed by atoms with E-state index in [2.05, 4.69) is 4.98 Å². The summed E-state index contributed by atoms with van der Waals surface area (Å²) in [4.78, 5) is 15.0. The van der Waals surface area contributed by atoms with E-state index >= 15 is 0 Å². The van der Waals surface area contributed by atoms with Crippen LogP contribution in [0, 0.1) is 0 Å². The van der Waals surface area contributed by atoms with Crippen molar-refractivity contribution in [2.24, 2.45) is 0 Å². The number of hydrogen-bond acceptors (Lipinski definition) is 2. The lowest BCUT2D eigenvalue weighted by Gasteiger charge is -2.10. The Labute approximate surface area is 110 Å². The molecule has 0 aliphatic carbocycles. The van der Waals surface area contributed by atoms with E-state index in [1.54, 1.807) is 6.07 Å². The van der Waals surface area contributed by atoms with Crippen LogP contribution in [0.15, 0.2) is 24.3 Å². The Kier molecular flexibility index (Phi) is 3.39. The molecule has 0 saturated carbocycles. The number of aliphatic carboxylic acids is 1. The number of halogens is 1. The standard InChI is InChI=1S/C13H13ClN2O2/c1-8(2)16-10-5-3-4-9(14)13(10)15-11(16)6-7-12(17)18/h3-8H,1-2H3,(H,17,18)/b7-6+. The first-order valence-electron chi connectivity index (χ1n) is 5.58. The highest BCUT2D eigenvalue weighted by molar-refractivity contribution is 6.34. The highest BCUT2D eigenvalue weighted by Crippen LogP contribution is 2.27. The van der Waals surface area contributed by atoms with Crippen molar-refractivity contribution < 1.29 is 9.90 Å². The Bertz CT molecular complexity index is 629. The summed E-state index contributed by atoms with van der Waals surface area (Å²) in [7, 11) is 0. The molecule has 1 N–H and O–H groups in total. The lowest BCUT2D eigenvalue weighted by molar-refractivity contribution is -0.131. The molecule has 0 unspecified atom stereocenters. The molecule has 2 rings (SSSR count). The predicted molar refractivity (Wildman–Crippen MR) is 71.8 cm³/mol. The van der Waals surface area contributed by atoms with Gasteiger partial charge >= 0.3 is 5.97 Å². The van der Waals surface area contributed by atoms with Gasteiger partial charge in [0.1, 0.15) is 11.3 Å². The molecule has 1 aromatic heterocycles. The van der Waals surface area contributed by atoms with Gasteiger partial charge in [-0.1, -0.05) is 17.7 Å². The normalized spacial score (nSPS) is 11.8. The molecule has 1 aromatic carbocycles. The number of carboxylic acid groups (broad SMARTS) is 1. The van der Waals surface area contributed by atoms with Gasteiger partial charge in [0.25, 0.3) is 0 Å². The summed E-state index contributed by atoms with van der Waals surface area (Å²) in [6, 6.07) is 5.72. The minimum Gasteiger partial charge on any atom is -0.478 e. The molecule has 5 heteroatoms. The first-order chi connectivity index (χ1) is 8.50. The summed E-state index contributed by atoms with van der Waals surface area (Å²) in [5, 5.41) is 9.25. The number of imidazole rings is 1. The van der Waals surface area contributed by atoms with E-state index in [0.717, 1.165) is 11.6 Å². The topological polar surface area (TPSA) is 55.1 Å². The zero-order valence-corrected chi connectivity index (χ0v) is 10.8. The van der Waals surface area contributed by atoms with Gasteiger partial charge in [0.2, 0.25) is 0 Å². The molecule has 0 radical (unpaired) electrons. The van der Waals surface area contributed by atoms with Crippen LogP contribution < -0.4 is 0 Å². The number of hydrogen-bond donors (Lipinski definition) is 1. The average Bonchev–Trinajstić information content (AvgIpc) is 2.66. The second-order valence-corrected chi connectivity index (χ2v) is 4.62. The number of rotatable bonds is 3. The Balaban J connectivity index is 2.69. The van der Waals surface area contributed by atoms with Crippen LogP contribution in [-0.2, 0) is 4.79 Å². The molecule has 0 aliphatic rings. The SMILES string of the molecule is CC(C)n1c(/C=C/C(=O)O)nc2c(Cl)cccc21. The van der Waals surface area contributed by atoms with Gasteiger partial charge in [-0.25, -0.2) is 9.78 Å². The molecule has 0 atom stereocenters. The largest absolute Gasteiger partial charge is 0.478 e. The van der Waals surface area contributed by atoms with Crippen LogP contribution in [-0.4, -0.2) is 20.6 Å². The van der Waals surface area contributed by atoms with E-state index in [4.69, 9.17) is 16.7 Å². The van der Waals surface area contributed by atoms with Crippen LogP contribution in [0.4, 0.5) is 0 Å². The van der Waals surface area contributed by atoms with Crippen LogP contribution >= 0.6 is 11.6 Å². The average molecular weight is 265 g/mol. The maximum absolute atomic E-state index is 10.6. The third kappa shape index (κ3) is 2.24. The quantitative estimate of drug-likeness (QED) is 0.865. The number of carbonyl (C=O) groups is 1. The van der Waals surface area contributed by atoms with Crippen molar-refractivity contribution in [1.29, 1.82) is 0 Å². The van der Waals surface area contributed by atoms with Gasteiger partial charge < -0.3 is 9.67 Å². The third-order valence-electron chi connectivity index (χ3n) is 2.59. The van der Waals surface area contributed by atoms with Crippen LogP contribution in [0.3, 0.4) is 0 Å². The maximum atomic E-state index is 10.6. The van der Waals surface area contributed by atoms with Crippen LogP contribution in [0.5, 0.6) is 0 Å². The van der Waals surface area contributed by atoms with Crippen LogP contribution in [0.1, 0.15) is 25.7 Å². The maximum Gasteiger partial charge on any atom is 0.328 e. The van der Waals surface area contributed by atoms with Crippen molar-refractivity contribution in [1.82, 2.24) is 9.55 Å². The Morgan fingerprint density at radius 1 is 1.50 bits per heavy atom. The second-order valence-electron chi connectivity index (χ2n) is 4.21. The molecule has 0 saturated heterocycles. The summed E-state index contributed by atoms with van der Waals surface area (Å²) in [5.41, 5.74) is 1.60. The van der Waals surface area contributed by atoms with E-state index in [1.165, 1.54) is 6.08 Å². The van der Waals surface area contributed by atoms with Crippen LogP contribution in [0.25, 0.3) is 17.1 Å². The molecule has 94 valence electrons. The van der Waals surface area contributed by atoms with Gasteiger partial charge in [-0.2, -0.15) is 0 Å². The number of nitrogens with zero attached hydrogens (tertiary/aromatic N) is 2. The Morgan fingerprint density at radius 3 is 2.83 bits per heavy atom. The molecule has 0 aliphatic heterocycles. The van der Waals surface area contributed by atoms with E-state index in [1.807, 2.05) is 30.5 Å². The van der Waals surface area contributed by atoms with Gasteiger partial charge in [0.15, 0.2) is 0 Å². The van der Waals surface area contributed by atoms with E-state index in [-0.39, 0.29) is 6.04 Å². The number of fused-ring (bicyclic) bond motifs is 1. The lowest BCUT2D eigenvalue weighted by Crippen LogP contribution is -2.03. The van der Waals surface area contributed by atoms with E-state index in [9.17, 15) is 4.79 Å². The smallest absolute Gasteiger partial charge is 0.328 e. The van der Waals surface area contributed by atoms with Gasteiger partial charge in [-0.15, -0.1) is 0 Å². The van der Waals surface area contributed by atoms with Crippen molar-refractivity contribution in [3.05, 3.63) is 35.1 Å². The first kappa shape index (κ1) is 12.6. The summed E-state index contributed by atoms with van der Waals surface area (Å²) >= 11 is 6.09. The monoisotopic (exact) mass is 264 g/mol. The summed E-state index contributed by atoms with van der Waals surface area (Å²) < 4.78 is 1.96. The van der Waals surface area contributed by atoms with Crippen LogP contribution in [0.2, 0.25) is 5.02 Å². The minimum absolute atomic E-state index is 0.168. The molecule has 1 heterocycles. The van der Waals surface area contributed by atoms with Gasteiger partial charge in [-0.3, -0.25) is 0 Å². The minimum atomic E-state index is -0.997. The Hall–Kier alpha value is -1.81. The van der Waals surface area contributed by atoms with E-state index < -0.39 is 5.97 Å². The molecule has 0 fully saturated rings. The van der Waals surface area contributed by atoms with Gasteiger partial charge in [0, 0.05) is 12.1 Å². The summed E-state index contributed by atoms with van der Waals surface area (Å²) in [5.74, 6) is -0.404. The number of carboxylic acids is 1. The highest BCUT2D eigenvalue weighted by atomic mass is 35.5. The molecule has 0 amide bonds.